The lowest BCUT2D eigenvalue weighted by molar-refractivity contribution is 0.187. The van der Waals surface area contributed by atoms with E-state index in [9.17, 15) is 5.11 Å². The Morgan fingerprint density at radius 2 is 2.46 bits per heavy atom. The van der Waals surface area contributed by atoms with Gasteiger partial charge in [-0.25, -0.2) is 4.98 Å². The van der Waals surface area contributed by atoms with Gasteiger partial charge in [-0.1, -0.05) is 11.8 Å². The highest BCUT2D eigenvalue weighted by atomic mass is 32.2. The number of rotatable bonds is 2. The number of nitrogens with zero attached hydrogens (tertiary/aromatic N) is 1. The van der Waals surface area contributed by atoms with Crippen molar-refractivity contribution >= 4 is 11.8 Å². The van der Waals surface area contributed by atoms with E-state index in [0.717, 1.165) is 25.0 Å². The second-order valence-corrected chi connectivity index (χ2v) is 4.60. The van der Waals surface area contributed by atoms with Gasteiger partial charge in [-0.05, 0) is 26.2 Å². The number of aromatic nitrogens is 1. The zero-order chi connectivity index (χ0) is 9.26. The molecule has 0 saturated heterocycles. The molecule has 1 fully saturated rings. The Labute approximate surface area is 81.5 Å². The number of hydrogen-bond donors (Lipinski definition) is 1. The number of aliphatic hydroxyl groups excluding tert-OH is 1. The molecular weight excluding hydrogens is 186 g/mol. The molecule has 0 unspecified atom stereocenters. The minimum atomic E-state index is -0.183. The van der Waals surface area contributed by atoms with Gasteiger partial charge in [0.25, 0.3) is 5.22 Å². The predicted octanol–water partition coefficient (Wildman–Crippen LogP) is 1.99. The molecule has 1 aliphatic carbocycles. The summed E-state index contributed by atoms with van der Waals surface area (Å²) in [7, 11) is 0. The number of hydrogen-bond acceptors (Lipinski definition) is 4. The van der Waals surface area contributed by atoms with Crippen molar-refractivity contribution in [3.05, 3.63) is 12.0 Å². The van der Waals surface area contributed by atoms with Crippen LogP contribution in [0.2, 0.25) is 0 Å². The average molecular weight is 199 g/mol. The Morgan fingerprint density at radius 1 is 1.62 bits per heavy atom. The van der Waals surface area contributed by atoms with Crippen LogP contribution >= 0.6 is 11.8 Å². The van der Waals surface area contributed by atoms with Gasteiger partial charge in [0, 0.05) is 5.25 Å². The first kappa shape index (κ1) is 9.09. The van der Waals surface area contributed by atoms with Crippen LogP contribution < -0.4 is 0 Å². The van der Waals surface area contributed by atoms with Gasteiger partial charge in [0.1, 0.15) is 6.26 Å². The zero-order valence-electron chi connectivity index (χ0n) is 7.56. The van der Waals surface area contributed by atoms with Crippen molar-refractivity contribution in [3.8, 4) is 0 Å². The minimum absolute atomic E-state index is 0.183. The van der Waals surface area contributed by atoms with Crippen LogP contribution in [0.4, 0.5) is 0 Å². The van der Waals surface area contributed by atoms with Gasteiger partial charge in [0.05, 0.1) is 11.8 Å². The summed E-state index contributed by atoms with van der Waals surface area (Å²) in [5.74, 6) is 0. The lowest BCUT2D eigenvalue weighted by Crippen LogP contribution is -2.14. The number of aryl methyl sites for hydroxylation is 1. The normalized spacial score (nSPS) is 28.2. The van der Waals surface area contributed by atoms with E-state index < -0.39 is 0 Å². The second-order valence-electron chi connectivity index (χ2n) is 3.41. The number of oxazole rings is 1. The van der Waals surface area contributed by atoms with E-state index in [1.807, 2.05) is 6.92 Å². The SMILES string of the molecule is Cc1coc(S[C@H]2CCC[C@@H]2O)n1. The van der Waals surface area contributed by atoms with E-state index in [4.69, 9.17) is 4.42 Å². The molecule has 0 aliphatic heterocycles. The third kappa shape index (κ3) is 2.06. The van der Waals surface area contributed by atoms with Gasteiger partial charge in [0.2, 0.25) is 0 Å². The van der Waals surface area contributed by atoms with E-state index in [1.165, 1.54) is 0 Å². The van der Waals surface area contributed by atoms with Gasteiger partial charge in [-0.3, -0.25) is 0 Å². The molecule has 72 valence electrons. The molecule has 4 heteroatoms. The Balaban J connectivity index is 1.97. The molecular formula is C9H13NO2S. The lowest BCUT2D eigenvalue weighted by Gasteiger charge is -2.10. The van der Waals surface area contributed by atoms with Crippen molar-refractivity contribution in [2.24, 2.45) is 0 Å². The fourth-order valence-corrected chi connectivity index (χ4v) is 2.70. The third-order valence-electron chi connectivity index (χ3n) is 2.27. The topological polar surface area (TPSA) is 46.3 Å². The average Bonchev–Trinajstić information content (AvgIpc) is 2.64. The summed E-state index contributed by atoms with van der Waals surface area (Å²) in [6.07, 6.45) is 4.55. The molecule has 1 heterocycles. The third-order valence-corrected chi connectivity index (χ3v) is 3.51. The first-order chi connectivity index (χ1) is 6.25. The summed E-state index contributed by atoms with van der Waals surface area (Å²) >= 11 is 1.55. The van der Waals surface area contributed by atoms with Crippen LogP contribution in [-0.4, -0.2) is 21.4 Å². The minimum Gasteiger partial charge on any atom is -0.440 e. The Hall–Kier alpha value is -0.480. The fraction of sp³-hybridized carbons (Fsp3) is 0.667. The lowest BCUT2D eigenvalue weighted by atomic mass is 10.3. The van der Waals surface area contributed by atoms with Crippen LogP contribution in [0.5, 0.6) is 0 Å². The molecule has 0 aromatic carbocycles. The maximum Gasteiger partial charge on any atom is 0.256 e. The Kier molecular flexibility index (Phi) is 2.60. The number of aliphatic hydroxyl groups is 1. The van der Waals surface area contributed by atoms with E-state index in [-0.39, 0.29) is 11.4 Å². The van der Waals surface area contributed by atoms with E-state index in [0.29, 0.717) is 5.22 Å². The first-order valence-corrected chi connectivity index (χ1v) is 5.40. The summed E-state index contributed by atoms with van der Waals surface area (Å²) < 4.78 is 5.22. The summed E-state index contributed by atoms with van der Waals surface area (Å²) in [5, 5.41) is 10.5. The van der Waals surface area contributed by atoms with Crippen molar-refractivity contribution in [1.29, 1.82) is 0 Å². The van der Waals surface area contributed by atoms with Crippen LogP contribution in [0, 0.1) is 6.92 Å². The van der Waals surface area contributed by atoms with Crippen LogP contribution in [0.15, 0.2) is 15.9 Å². The van der Waals surface area contributed by atoms with E-state index in [1.54, 1.807) is 18.0 Å². The summed E-state index contributed by atoms with van der Waals surface area (Å²) in [4.78, 5) is 4.19. The van der Waals surface area contributed by atoms with Gasteiger partial charge >= 0.3 is 0 Å². The molecule has 0 spiro atoms. The molecule has 3 nitrogen and oxygen atoms in total. The molecule has 0 bridgehead atoms. The second kappa shape index (κ2) is 3.72. The van der Waals surface area contributed by atoms with Crippen LogP contribution in [-0.2, 0) is 0 Å². The molecule has 1 N–H and O–H groups in total. The van der Waals surface area contributed by atoms with Crippen LogP contribution in [0.1, 0.15) is 25.0 Å². The van der Waals surface area contributed by atoms with Crippen LogP contribution in [0.25, 0.3) is 0 Å². The first-order valence-electron chi connectivity index (χ1n) is 4.52. The fourth-order valence-electron chi connectivity index (χ4n) is 1.56. The quantitative estimate of drug-likeness (QED) is 0.791. The standard InChI is InChI=1S/C9H13NO2S/c1-6-5-12-9(10-6)13-8-4-2-3-7(8)11/h5,7-8,11H,2-4H2,1H3/t7-,8-/m0/s1. The van der Waals surface area contributed by atoms with Gasteiger partial charge in [-0.15, -0.1) is 0 Å². The highest BCUT2D eigenvalue weighted by Gasteiger charge is 2.27. The van der Waals surface area contributed by atoms with Gasteiger partial charge in [-0.2, -0.15) is 0 Å². The highest BCUT2D eigenvalue weighted by Crippen LogP contribution is 2.34. The molecule has 13 heavy (non-hydrogen) atoms. The van der Waals surface area contributed by atoms with Crippen molar-refractivity contribution in [1.82, 2.24) is 4.98 Å². The van der Waals surface area contributed by atoms with Crippen molar-refractivity contribution in [3.63, 3.8) is 0 Å². The smallest absolute Gasteiger partial charge is 0.256 e. The molecule has 2 atom stereocenters. The molecule has 0 amide bonds. The maximum atomic E-state index is 9.57. The Bertz CT molecular complexity index is 287. The van der Waals surface area contributed by atoms with E-state index in [2.05, 4.69) is 4.98 Å². The monoisotopic (exact) mass is 199 g/mol. The molecule has 1 aliphatic rings. The van der Waals surface area contributed by atoms with Crippen LogP contribution in [0.3, 0.4) is 0 Å². The van der Waals surface area contributed by atoms with Crippen molar-refractivity contribution in [2.45, 2.75) is 42.8 Å². The van der Waals surface area contributed by atoms with E-state index >= 15 is 0 Å². The van der Waals surface area contributed by atoms with Crippen molar-refractivity contribution in [2.75, 3.05) is 0 Å². The zero-order valence-corrected chi connectivity index (χ0v) is 8.38. The summed E-state index contributed by atoms with van der Waals surface area (Å²) in [6, 6.07) is 0. The number of thioether (sulfide) groups is 1. The molecule has 1 aromatic rings. The predicted molar refractivity (Wildman–Crippen MR) is 50.7 cm³/mol. The van der Waals surface area contributed by atoms with Crippen molar-refractivity contribution < 1.29 is 9.52 Å². The Morgan fingerprint density at radius 3 is 3.00 bits per heavy atom. The van der Waals surface area contributed by atoms with Gasteiger partial charge < -0.3 is 9.52 Å². The molecule has 1 saturated carbocycles. The summed E-state index contributed by atoms with van der Waals surface area (Å²) in [6.45, 7) is 1.90. The maximum absolute atomic E-state index is 9.57. The largest absolute Gasteiger partial charge is 0.440 e. The molecule has 1 aromatic heterocycles. The molecule has 2 rings (SSSR count). The summed E-state index contributed by atoms with van der Waals surface area (Å²) in [5.41, 5.74) is 0.898. The molecule has 0 radical (unpaired) electrons. The van der Waals surface area contributed by atoms with Gasteiger partial charge in [0.15, 0.2) is 0 Å². The highest BCUT2D eigenvalue weighted by molar-refractivity contribution is 7.99.